The molecule has 1 aliphatic carbocycles. The fourth-order valence-corrected chi connectivity index (χ4v) is 9.09. The van der Waals surface area contributed by atoms with E-state index in [9.17, 15) is 8.42 Å². The highest BCUT2D eigenvalue weighted by Crippen LogP contribution is 2.51. The fraction of sp³-hybridized carbons (Fsp3) is 0.243. The Hall–Kier alpha value is -4.17. The molecular weight excluding hydrogens is 565 g/mol. The van der Waals surface area contributed by atoms with E-state index in [2.05, 4.69) is 106 Å². The van der Waals surface area contributed by atoms with E-state index in [1.54, 1.807) is 10.4 Å². The third kappa shape index (κ3) is 4.67. The number of para-hydroxylation sites is 1. The van der Waals surface area contributed by atoms with Gasteiger partial charge in [0.25, 0.3) is 0 Å². The van der Waals surface area contributed by atoms with E-state index in [-0.39, 0.29) is 18.0 Å². The van der Waals surface area contributed by atoms with Gasteiger partial charge >= 0.3 is 0 Å². The predicted octanol–water partition coefficient (Wildman–Crippen LogP) is 7.09. The van der Waals surface area contributed by atoms with Crippen molar-refractivity contribution in [3.8, 4) is 0 Å². The molecule has 7 heteroatoms. The first-order valence-corrected chi connectivity index (χ1v) is 17.0. The first kappa shape index (κ1) is 27.4. The van der Waals surface area contributed by atoms with Gasteiger partial charge < -0.3 is 10.3 Å². The summed E-state index contributed by atoms with van der Waals surface area (Å²) in [5.74, 6) is 0.505. The van der Waals surface area contributed by atoms with E-state index in [0.29, 0.717) is 37.0 Å². The van der Waals surface area contributed by atoms with Crippen molar-refractivity contribution in [2.24, 2.45) is 5.92 Å². The summed E-state index contributed by atoms with van der Waals surface area (Å²) in [4.78, 5) is 6.23. The van der Waals surface area contributed by atoms with Crippen LogP contribution >= 0.6 is 0 Å². The van der Waals surface area contributed by atoms with E-state index in [4.69, 9.17) is 0 Å². The van der Waals surface area contributed by atoms with Crippen LogP contribution in [-0.4, -0.2) is 48.8 Å². The summed E-state index contributed by atoms with van der Waals surface area (Å²) >= 11 is 0. The second-order valence-corrected chi connectivity index (χ2v) is 14.1. The maximum absolute atomic E-state index is 14.0. The number of allylic oxidation sites excluding steroid dienone is 2. The fourth-order valence-electron chi connectivity index (χ4n) is 7.63. The zero-order valence-electron chi connectivity index (χ0n) is 24.5. The Morgan fingerprint density at radius 3 is 2.16 bits per heavy atom. The lowest BCUT2D eigenvalue weighted by Gasteiger charge is -2.39. The summed E-state index contributed by atoms with van der Waals surface area (Å²) < 4.78 is 29.8. The van der Waals surface area contributed by atoms with Gasteiger partial charge in [-0.05, 0) is 58.9 Å². The standard InChI is InChI=1S/C37H36N4O2S/c42-44(43,41-22-20-40(21-23-41)37(26-10-3-1-4-11-26)27-12-5-2-6-13-27)28-18-19-35-32(24-28)29-15-9-16-31(29)36(39-35)33-25-38-34-17-8-7-14-30(33)34/h1-15,17-19,24-25,29,31,36-39H,16,20-23H2. The van der Waals surface area contributed by atoms with Gasteiger partial charge in [-0.25, -0.2) is 8.42 Å². The number of hydrogen-bond acceptors (Lipinski definition) is 4. The third-order valence-corrected chi connectivity index (χ3v) is 11.7. The Labute approximate surface area is 259 Å². The van der Waals surface area contributed by atoms with Crippen molar-refractivity contribution in [1.29, 1.82) is 0 Å². The second-order valence-electron chi connectivity index (χ2n) is 12.2. The molecule has 2 N–H and O–H groups in total. The van der Waals surface area contributed by atoms with Crippen molar-refractivity contribution in [1.82, 2.24) is 14.2 Å². The number of nitrogens with one attached hydrogen (secondary N) is 2. The van der Waals surface area contributed by atoms with Gasteiger partial charge in [-0.15, -0.1) is 0 Å². The summed E-state index contributed by atoms with van der Waals surface area (Å²) in [6, 6.07) is 35.4. The molecule has 8 rings (SSSR count). The highest BCUT2D eigenvalue weighted by atomic mass is 32.2. The quantitative estimate of drug-likeness (QED) is 0.204. The average Bonchev–Trinajstić information content (AvgIpc) is 3.74. The number of H-pyrrole nitrogens is 1. The summed E-state index contributed by atoms with van der Waals surface area (Å²) in [7, 11) is -3.64. The van der Waals surface area contributed by atoms with Crippen LogP contribution in [0.3, 0.4) is 0 Å². The molecule has 2 aliphatic heterocycles. The first-order chi connectivity index (χ1) is 21.6. The number of sulfonamides is 1. The number of hydrogen-bond donors (Lipinski definition) is 2. The van der Waals surface area contributed by atoms with Crippen molar-refractivity contribution in [2.75, 3.05) is 31.5 Å². The van der Waals surface area contributed by atoms with E-state index in [1.807, 2.05) is 24.3 Å². The zero-order valence-corrected chi connectivity index (χ0v) is 25.3. The predicted molar refractivity (Wildman–Crippen MR) is 176 cm³/mol. The van der Waals surface area contributed by atoms with Gasteiger partial charge in [-0.3, -0.25) is 4.90 Å². The molecule has 5 aromatic rings. The van der Waals surface area contributed by atoms with Crippen LogP contribution in [0.1, 0.15) is 46.7 Å². The Kier molecular flexibility index (Phi) is 6.89. The van der Waals surface area contributed by atoms with Crippen molar-refractivity contribution in [3.63, 3.8) is 0 Å². The molecule has 3 unspecified atom stereocenters. The molecule has 6 nitrogen and oxygen atoms in total. The van der Waals surface area contributed by atoms with Crippen molar-refractivity contribution in [2.45, 2.75) is 29.3 Å². The summed E-state index contributed by atoms with van der Waals surface area (Å²) in [6.07, 6.45) is 7.62. The topological polar surface area (TPSA) is 68.4 Å². The molecule has 0 spiro atoms. The van der Waals surface area contributed by atoms with Gasteiger partial charge in [0.2, 0.25) is 10.0 Å². The molecular formula is C37H36N4O2S. The first-order valence-electron chi connectivity index (χ1n) is 15.6. The van der Waals surface area contributed by atoms with Gasteiger partial charge in [-0.1, -0.05) is 91.0 Å². The largest absolute Gasteiger partial charge is 0.378 e. The monoisotopic (exact) mass is 600 g/mol. The SMILES string of the molecule is O=S(=O)(c1ccc2c(c1)C1C=CCC1C(c1c[nH]c3ccccc13)N2)N1CCN(C(c2ccccc2)c2ccccc2)CC1. The molecule has 222 valence electrons. The van der Waals surface area contributed by atoms with E-state index >= 15 is 0 Å². The Balaban J connectivity index is 1.04. The average molecular weight is 601 g/mol. The van der Waals surface area contributed by atoms with Crippen LogP contribution < -0.4 is 5.32 Å². The molecule has 1 fully saturated rings. The zero-order chi connectivity index (χ0) is 29.7. The van der Waals surface area contributed by atoms with E-state index in [0.717, 1.165) is 23.2 Å². The van der Waals surface area contributed by atoms with E-state index < -0.39 is 10.0 Å². The highest BCUT2D eigenvalue weighted by Gasteiger charge is 2.40. The third-order valence-electron chi connectivity index (χ3n) is 9.80. The lowest BCUT2D eigenvalue weighted by molar-refractivity contribution is 0.156. The normalized spacial score (nSPS) is 22.2. The minimum Gasteiger partial charge on any atom is -0.378 e. The second kappa shape index (κ2) is 11.1. The molecule has 0 radical (unpaired) electrons. The smallest absolute Gasteiger partial charge is 0.243 e. The molecule has 0 bridgehead atoms. The van der Waals surface area contributed by atoms with Crippen LogP contribution in [-0.2, 0) is 10.0 Å². The molecule has 3 heterocycles. The summed E-state index contributed by atoms with van der Waals surface area (Å²) in [5.41, 5.74) is 6.95. The van der Waals surface area contributed by atoms with Gasteiger partial charge in [0, 0.05) is 54.9 Å². The number of aromatic amines is 1. The maximum Gasteiger partial charge on any atom is 0.243 e. The number of fused-ring (bicyclic) bond motifs is 4. The van der Waals surface area contributed by atoms with Crippen LogP contribution in [0.5, 0.6) is 0 Å². The Morgan fingerprint density at radius 2 is 1.43 bits per heavy atom. The Morgan fingerprint density at radius 1 is 0.750 bits per heavy atom. The number of piperazine rings is 1. The van der Waals surface area contributed by atoms with Crippen molar-refractivity contribution >= 4 is 26.6 Å². The van der Waals surface area contributed by atoms with Crippen LogP contribution in [0.25, 0.3) is 10.9 Å². The van der Waals surface area contributed by atoms with Gasteiger partial charge in [0.05, 0.1) is 17.0 Å². The van der Waals surface area contributed by atoms with E-state index in [1.165, 1.54) is 22.1 Å². The molecule has 4 aromatic carbocycles. The van der Waals surface area contributed by atoms with Crippen LogP contribution in [0.15, 0.2) is 126 Å². The molecule has 44 heavy (non-hydrogen) atoms. The summed E-state index contributed by atoms with van der Waals surface area (Å²) in [5, 5.41) is 5.03. The number of rotatable bonds is 6. The molecule has 1 saturated heterocycles. The molecule has 1 aromatic heterocycles. The minimum atomic E-state index is -3.64. The summed E-state index contributed by atoms with van der Waals surface area (Å²) in [6.45, 7) is 2.25. The molecule has 3 aliphatic rings. The lowest BCUT2D eigenvalue weighted by atomic mass is 9.77. The van der Waals surface area contributed by atoms with Gasteiger partial charge in [-0.2, -0.15) is 4.31 Å². The number of anilines is 1. The number of nitrogens with zero attached hydrogens (tertiary/aromatic N) is 2. The van der Waals surface area contributed by atoms with Gasteiger partial charge in [0.15, 0.2) is 0 Å². The molecule has 0 saturated carbocycles. The van der Waals surface area contributed by atoms with Crippen LogP contribution in [0.2, 0.25) is 0 Å². The lowest BCUT2D eigenvalue weighted by Crippen LogP contribution is -2.49. The minimum absolute atomic E-state index is 0.0910. The van der Waals surface area contributed by atoms with Gasteiger partial charge in [0.1, 0.15) is 0 Å². The van der Waals surface area contributed by atoms with Crippen LogP contribution in [0.4, 0.5) is 5.69 Å². The molecule has 3 atom stereocenters. The Bertz CT molecular complexity index is 1890. The number of benzene rings is 4. The molecule has 0 amide bonds. The van der Waals surface area contributed by atoms with Crippen molar-refractivity contribution in [3.05, 3.63) is 144 Å². The van der Waals surface area contributed by atoms with Crippen LogP contribution in [0, 0.1) is 5.92 Å². The number of aromatic nitrogens is 1. The van der Waals surface area contributed by atoms with Crippen molar-refractivity contribution < 1.29 is 8.42 Å². The maximum atomic E-state index is 14.0. The highest BCUT2D eigenvalue weighted by molar-refractivity contribution is 7.89.